The molecule has 102 valence electrons. The second-order valence-electron chi connectivity index (χ2n) is 5.16. The lowest BCUT2D eigenvalue weighted by atomic mass is 10.1. The predicted molar refractivity (Wildman–Crippen MR) is 83.7 cm³/mol. The molecule has 20 heavy (non-hydrogen) atoms. The quantitative estimate of drug-likeness (QED) is 0.740. The van der Waals surface area contributed by atoms with Gasteiger partial charge >= 0.3 is 0 Å². The molecule has 0 spiro atoms. The van der Waals surface area contributed by atoms with Crippen LogP contribution in [0.5, 0.6) is 0 Å². The molecule has 2 aromatic carbocycles. The van der Waals surface area contributed by atoms with Crippen molar-refractivity contribution in [2.24, 2.45) is 0 Å². The summed E-state index contributed by atoms with van der Waals surface area (Å²) in [6.45, 7) is 1.92. The van der Waals surface area contributed by atoms with Crippen molar-refractivity contribution in [1.82, 2.24) is 0 Å². The Morgan fingerprint density at radius 2 is 1.90 bits per heavy atom. The largest absolute Gasteiger partial charge is 0.294 e. The molecule has 2 heteroatoms. The van der Waals surface area contributed by atoms with Crippen molar-refractivity contribution in [2.45, 2.75) is 42.4 Å². The van der Waals surface area contributed by atoms with Crippen LogP contribution in [0.3, 0.4) is 0 Å². The van der Waals surface area contributed by atoms with Crippen LogP contribution in [0.4, 0.5) is 0 Å². The third kappa shape index (κ3) is 2.66. The van der Waals surface area contributed by atoms with Gasteiger partial charge < -0.3 is 0 Å². The predicted octanol–water partition coefficient (Wildman–Crippen LogP) is 4.92. The van der Waals surface area contributed by atoms with Crippen molar-refractivity contribution < 1.29 is 4.79 Å². The van der Waals surface area contributed by atoms with Crippen LogP contribution < -0.4 is 0 Å². The highest BCUT2D eigenvalue weighted by Gasteiger charge is 2.13. The molecule has 0 radical (unpaired) electrons. The number of carbonyl (C=O) groups excluding carboxylic acids is 1. The third-order valence-electron chi connectivity index (χ3n) is 3.81. The molecule has 0 aliphatic heterocycles. The molecule has 0 aromatic heterocycles. The van der Waals surface area contributed by atoms with Crippen molar-refractivity contribution >= 4 is 17.5 Å². The topological polar surface area (TPSA) is 17.1 Å². The highest BCUT2D eigenvalue weighted by molar-refractivity contribution is 7.99. The van der Waals surface area contributed by atoms with E-state index < -0.39 is 0 Å². The fraction of sp³-hybridized carbons (Fsp3) is 0.278. The van der Waals surface area contributed by atoms with Gasteiger partial charge in [0.05, 0.1) is 0 Å². The average molecular weight is 282 g/mol. The Bertz CT molecular complexity index is 646. The highest BCUT2D eigenvalue weighted by Crippen LogP contribution is 2.34. The van der Waals surface area contributed by atoms with Crippen LogP contribution >= 0.6 is 11.8 Å². The van der Waals surface area contributed by atoms with Crippen molar-refractivity contribution in [3.05, 3.63) is 59.2 Å². The van der Waals surface area contributed by atoms with Gasteiger partial charge in [-0.1, -0.05) is 43.0 Å². The maximum absolute atomic E-state index is 12.0. The fourth-order valence-corrected chi connectivity index (χ4v) is 3.74. The molecule has 0 N–H and O–H groups in total. The van der Waals surface area contributed by atoms with E-state index in [-0.39, 0.29) is 5.78 Å². The maximum Gasteiger partial charge on any atom is 0.163 e. The Morgan fingerprint density at radius 1 is 1.10 bits per heavy atom. The van der Waals surface area contributed by atoms with Gasteiger partial charge in [-0.05, 0) is 48.6 Å². The summed E-state index contributed by atoms with van der Waals surface area (Å²) in [6.07, 6.45) is 4.24. The van der Waals surface area contributed by atoms with Gasteiger partial charge in [-0.25, -0.2) is 0 Å². The molecule has 3 rings (SSSR count). The zero-order valence-electron chi connectivity index (χ0n) is 11.7. The number of hydrogen-bond acceptors (Lipinski definition) is 2. The Balaban J connectivity index is 1.90. The summed E-state index contributed by atoms with van der Waals surface area (Å²) >= 11 is 1.70. The smallest absolute Gasteiger partial charge is 0.163 e. The first-order chi connectivity index (χ1) is 9.78. The van der Waals surface area contributed by atoms with E-state index in [1.54, 1.807) is 11.8 Å². The van der Waals surface area contributed by atoms with Crippen LogP contribution in [0.2, 0.25) is 0 Å². The van der Waals surface area contributed by atoms with Gasteiger partial charge in [-0.3, -0.25) is 4.79 Å². The number of fused-ring (bicyclic) bond motifs is 1. The summed E-state index contributed by atoms with van der Waals surface area (Å²) in [6, 6.07) is 14.6. The van der Waals surface area contributed by atoms with Crippen LogP contribution in [0, 0.1) is 0 Å². The number of hydrogen-bond donors (Lipinski definition) is 0. The number of aryl methyl sites for hydroxylation is 2. The number of carbonyl (C=O) groups is 1. The van der Waals surface area contributed by atoms with E-state index in [9.17, 15) is 4.79 Å². The lowest BCUT2D eigenvalue weighted by Crippen LogP contribution is -1.98. The van der Waals surface area contributed by atoms with E-state index in [0.29, 0.717) is 6.42 Å². The van der Waals surface area contributed by atoms with Crippen LogP contribution in [-0.4, -0.2) is 5.78 Å². The highest BCUT2D eigenvalue weighted by atomic mass is 32.2. The molecular formula is C18H18OS. The van der Waals surface area contributed by atoms with E-state index in [4.69, 9.17) is 0 Å². The minimum Gasteiger partial charge on any atom is -0.294 e. The average Bonchev–Trinajstić information content (AvgIpc) is 2.94. The standard InChI is InChI=1S/C18H18OS/c1-2-17(19)16-8-3-4-9-18(16)20-15-11-10-13-6-5-7-14(13)12-15/h3-4,8-12H,2,5-7H2,1H3. The lowest BCUT2D eigenvalue weighted by molar-refractivity contribution is 0.0985. The van der Waals surface area contributed by atoms with Gasteiger partial charge in [0, 0.05) is 21.8 Å². The van der Waals surface area contributed by atoms with Crippen molar-refractivity contribution in [1.29, 1.82) is 0 Å². The fourth-order valence-electron chi connectivity index (χ4n) is 2.72. The van der Waals surface area contributed by atoms with Crippen LogP contribution in [0.15, 0.2) is 52.3 Å². The number of Topliss-reactive ketones (excluding diaryl/α,β-unsaturated/α-hetero) is 1. The molecule has 0 bridgehead atoms. The minimum absolute atomic E-state index is 0.217. The van der Waals surface area contributed by atoms with Crippen molar-refractivity contribution in [2.75, 3.05) is 0 Å². The summed E-state index contributed by atoms with van der Waals surface area (Å²) < 4.78 is 0. The van der Waals surface area contributed by atoms with Gasteiger partial charge in [0.25, 0.3) is 0 Å². The van der Waals surface area contributed by atoms with E-state index in [1.165, 1.54) is 35.3 Å². The van der Waals surface area contributed by atoms with Gasteiger partial charge in [0.1, 0.15) is 0 Å². The van der Waals surface area contributed by atoms with E-state index in [0.717, 1.165) is 10.5 Å². The Hall–Kier alpha value is -1.54. The Labute approximate surface area is 124 Å². The second-order valence-corrected chi connectivity index (χ2v) is 6.27. The SMILES string of the molecule is CCC(=O)c1ccccc1Sc1ccc2c(c1)CCC2. The van der Waals surface area contributed by atoms with Crippen LogP contribution in [-0.2, 0) is 12.8 Å². The molecule has 0 unspecified atom stereocenters. The first kappa shape index (κ1) is 13.4. The summed E-state index contributed by atoms with van der Waals surface area (Å²) in [5.74, 6) is 0.217. The van der Waals surface area contributed by atoms with Gasteiger partial charge in [0.15, 0.2) is 5.78 Å². The zero-order valence-corrected chi connectivity index (χ0v) is 12.5. The molecule has 1 nitrogen and oxygen atoms in total. The summed E-state index contributed by atoms with van der Waals surface area (Å²) in [7, 11) is 0. The monoisotopic (exact) mass is 282 g/mol. The molecule has 0 atom stereocenters. The lowest BCUT2D eigenvalue weighted by Gasteiger charge is -2.08. The first-order valence-corrected chi connectivity index (χ1v) is 8.01. The van der Waals surface area contributed by atoms with Crippen molar-refractivity contribution in [3.63, 3.8) is 0 Å². The molecule has 0 amide bonds. The number of benzene rings is 2. The molecular weight excluding hydrogens is 264 g/mol. The zero-order chi connectivity index (χ0) is 13.9. The van der Waals surface area contributed by atoms with Crippen molar-refractivity contribution in [3.8, 4) is 0 Å². The van der Waals surface area contributed by atoms with Gasteiger partial charge in [-0.2, -0.15) is 0 Å². The molecule has 0 heterocycles. The Morgan fingerprint density at radius 3 is 2.75 bits per heavy atom. The summed E-state index contributed by atoms with van der Waals surface area (Å²) in [5, 5.41) is 0. The van der Waals surface area contributed by atoms with Crippen LogP contribution in [0.25, 0.3) is 0 Å². The normalized spacial score (nSPS) is 13.2. The van der Waals surface area contributed by atoms with Gasteiger partial charge in [-0.15, -0.1) is 0 Å². The van der Waals surface area contributed by atoms with E-state index in [2.05, 4.69) is 18.2 Å². The summed E-state index contributed by atoms with van der Waals surface area (Å²) in [5.41, 5.74) is 3.82. The summed E-state index contributed by atoms with van der Waals surface area (Å²) in [4.78, 5) is 14.3. The van der Waals surface area contributed by atoms with E-state index >= 15 is 0 Å². The molecule has 1 aliphatic carbocycles. The van der Waals surface area contributed by atoms with Gasteiger partial charge in [0.2, 0.25) is 0 Å². The maximum atomic E-state index is 12.0. The molecule has 2 aromatic rings. The minimum atomic E-state index is 0.217. The second kappa shape index (κ2) is 5.84. The molecule has 0 saturated carbocycles. The molecule has 1 aliphatic rings. The first-order valence-electron chi connectivity index (χ1n) is 7.20. The third-order valence-corrected chi connectivity index (χ3v) is 4.87. The molecule has 0 saturated heterocycles. The number of rotatable bonds is 4. The molecule has 0 fully saturated rings. The Kier molecular flexibility index (Phi) is 3.93. The number of ketones is 1. The van der Waals surface area contributed by atoms with E-state index in [1.807, 2.05) is 31.2 Å². The van der Waals surface area contributed by atoms with Crippen LogP contribution in [0.1, 0.15) is 41.3 Å².